The molecule has 0 radical (unpaired) electrons. The molecule has 4 nitrogen and oxygen atoms in total. The van der Waals surface area contributed by atoms with Gasteiger partial charge >= 0.3 is 5.97 Å². The molecule has 114 valence electrons. The number of ether oxygens (including phenoxy) is 1. The van der Waals surface area contributed by atoms with Crippen molar-refractivity contribution in [1.82, 2.24) is 0 Å². The number of methoxy groups -OCH3 is 1. The largest absolute Gasteiger partial charge is 0.465 e. The third-order valence-corrected chi connectivity index (χ3v) is 4.29. The molecule has 0 bridgehead atoms. The second kappa shape index (κ2) is 8.00. The summed E-state index contributed by atoms with van der Waals surface area (Å²) in [7, 11) is 1.32. The highest BCUT2D eigenvalue weighted by Crippen LogP contribution is 2.21. The first-order chi connectivity index (χ1) is 10.6. The van der Waals surface area contributed by atoms with Crippen molar-refractivity contribution in [2.75, 3.05) is 18.2 Å². The first-order valence-electron chi connectivity index (χ1n) is 6.45. The summed E-state index contributed by atoms with van der Waals surface area (Å²) >= 11 is 4.81. The van der Waals surface area contributed by atoms with E-state index in [4.69, 9.17) is 0 Å². The van der Waals surface area contributed by atoms with E-state index in [1.165, 1.54) is 18.9 Å². The molecule has 2 aromatic carbocycles. The molecule has 0 aliphatic carbocycles. The zero-order valence-electron chi connectivity index (χ0n) is 11.8. The fraction of sp³-hybridized carbons (Fsp3) is 0.125. The normalized spacial score (nSPS) is 10.1. The Hall–Kier alpha value is -1.79. The summed E-state index contributed by atoms with van der Waals surface area (Å²) in [6.45, 7) is 0. The Morgan fingerprint density at radius 2 is 1.91 bits per heavy atom. The highest BCUT2D eigenvalue weighted by Gasteiger charge is 2.08. The Morgan fingerprint density at radius 1 is 1.18 bits per heavy atom. The summed E-state index contributed by atoms with van der Waals surface area (Å²) in [4.78, 5) is 24.4. The number of halogens is 1. The van der Waals surface area contributed by atoms with Crippen molar-refractivity contribution in [3.8, 4) is 0 Å². The van der Waals surface area contributed by atoms with Crippen LogP contribution in [-0.2, 0) is 9.53 Å². The summed E-state index contributed by atoms with van der Waals surface area (Å²) in [5.41, 5.74) is 0.977. The fourth-order valence-electron chi connectivity index (χ4n) is 1.72. The van der Waals surface area contributed by atoms with Gasteiger partial charge in [0.15, 0.2) is 0 Å². The summed E-state index contributed by atoms with van der Waals surface area (Å²) in [5, 5.41) is 2.77. The number of nitrogens with one attached hydrogen (secondary N) is 1. The van der Waals surface area contributed by atoms with Crippen molar-refractivity contribution in [3.05, 3.63) is 58.6 Å². The molecular weight excluding hydrogens is 366 g/mol. The average molecular weight is 380 g/mol. The standard InChI is InChI=1S/C16H14BrNO3S/c1-21-16(20)11-3-2-4-13(9-11)18-15(19)10-22-14-7-5-12(17)6-8-14/h2-9H,10H2,1H3,(H,18,19). The Labute approximate surface area is 141 Å². The quantitative estimate of drug-likeness (QED) is 0.630. The molecule has 1 N–H and O–H groups in total. The van der Waals surface area contributed by atoms with Crippen LogP contribution in [0.4, 0.5) is 5.69 Å². The van der Waals surface area contributed by atoms with Crippen LogP contribution in [0.5, 0.6) is 0 Å². The summed E-state index contributed by atoms with van der Waals surface area (Å²) in [5.74, 6) is -0.264. The summed E-state index contributed by atoms with van der Waals surface area (Å²) in [6, 6.07) is 14.4. The van der Waals surface area contributed by atoms with Gasteiger partial charge in [0.05, 0.1) is 18.4 Å². The molecule has 0 aliphatic heterocycles. The van der Waals surface area contributed by atoms with Crippen LogP contribution in [0.15, 0.2) is 57.9 Å². The molecule has 0 spiro atoms. The lowest BCUT2D eigenvalue weighted by molar-refractivity contribution is -0.113. The molecule has 0 atom stereocenters. The lowest BCUT2D eigenvalue weighted by atomic mass is 10.2. The van der Waals surface area contributed by atoms with Gasteiger partial charge in [0, 0.05) is 15.1 Å². The van der Waals surface area contributed by atoms with E-state index in [-0.39, 0.29) is 5.91 Å². The molecule has 2 aromatic rings. The van der Waals surface area contributed by atoms with E-state index in [1.807, 2.05) is 24.3 Å². The molecule has 2 rings (SSSR count). The van der Waals surface area contributed by atoms with Gasteiger partial charge in [-0.3, -0.25) is 4.79 Å². The number of anilines is 1. The fourth-order valence-corrected chi connectivity index (χ4v) is 2.68. The van der Waals surface area contributed by atoms with Crippen LogP contribution >= 0.6 is 27.7 Å². The molecule has 0 saturated heterocycles. The third kappa shape index (κ3) is 4.89. The highest BCUT2D eigenvalue weighted by atomic mass is 79.9. The minimum absolute atomic E-state index is 0.130. The SMILES string of the molecule is COC(=O)c1cccc(NC(=O)CSc2ccc(Br)cc2)c1. The van der Waals surface area contributed by atoms with Crippen molar-refractivity contribution in [1.29, 1.82) is 0 Å². The maximum Gasteiger partial charge on any atom is 0.337 e. The van der Waals surface area contributed by atoms with Gasteiger partial charge in [0.2, 0.25) is 5.91 Å². The summed E-state index contributed by atoms with van der Waals surface area (Å²) < 4.78 is 5.65. The van der Waals surface area contributed by atoms with Gasteiger partial charge in [-0.05, 0) is 42.5 Å². The smallest absolute Gasteiger partial charge is 0.337 e. The molecule has 0 unspecified atom stereocenters. The number of carbonyl (C=O) groups excluding carboxylic acids is 2. The monoisotopic (exact) mass is 379 g/mol. The first-order valence-corrected chi connectivity index (χ1v) is 8.23. The van der Waals surface area contributed by atoms with Crippen molar-refractivity contribution in [2.45, 2.75) is 4.90 Å². The zero-order valence-corrected chi connectivity index (χ0v) is 14.2. The minimum Gasteiger partial charge on any atom is -0.465 e. The van der Waals surface area contributed by atoms with Crippen LogP contribution in [-0.4, -0.2) is 24.7 Å². The van der Waals surface area contributed by atoms with Crippen LogP contribution in [0, 0.1) is 0 Å². The minimum atomic E-state index is -0.430. The van der Waals surface area contributed by atoms with Gasteiger partial charge in [0.25, 0.3) is 0 Å². The topological polar surface area (TPSA) is 55.4 Å². The van der Waals surface area contributed by atoms with Crippen molar-refractivity contribution < 1.29 is 14.3 Å². The second-order valence-corrected chi connectivity index (χ2v) is 6.33. The molecule has 0 heterocycles. The number of benzene rings is 2. The maximum atomic E-state index is 11.9. The maximum absolute atomic E-state index is 11.9. The van der Waals surface area contributed by atoms with Gasteiger partial charge in [0.1, 0.15) is 0 Å². The number of hydrogen-bond acceptors (Lipinski definition) is 4. The van der Waals surface area contributed by atoms with Crippen LogP contribution in [0.3, 0.4) is 0 Å². The second-order valence-electron chi connectivity index (χ2n) is 4.36. The van der Waals surface area contributed by atoms with Crippen LogP contribution < -0.4 is 5.32 Å². The van der Waals surface area contributed by atoms with E-state index in [1.54, 1.807) is 24.3 Å². The van der Waals surface area contributed by atoms with E-state index in [0.717, 1.165) is 9.37 Å². The predicted octanol–water partition coefficient (Wildman–Crippen LogP) is 3.97. The van der Waals surface area contributed by atoms with Crippen molar-refractivity contribution in [3.63, 3.8) is 0 Å². The van der Waals surface area contributed by atoms with E-state index in [2.05, 4.69) is 26.0 Å². The number of amides is 1. The van der Waals surface area contributed by atoms with Crippen LogP contribution in [0.25, 0.3) is 0 Å². The zero-order chi connectivity index (χ0) is 15.9. The van der Waals surface area contributed by atoms with E-state index in [0.29, 0.717) is 17.0 Å². The molecule has 0 aliphatic rings. The van der Waals surface area contributed by atoms with Crippen molar-refractivity contribution in [2.24, 2.45) is 0 Å². The summed E-state index contributed by atoms with van der Waals surface area (Å²) in [6.07, 6.45) is 0. The van der Waals surface area contributed by atoms with E-state index < -0.39 is 5.97 Å². The van der Waals surface area contributed by atoms with Gasteiger partial charge in [-0.1, -0.05) is 22.0 Å². The predicted molar refractivity (Wildman–Crippen MR) is 91.3 cm³/mol. The lowest BCUT2D eigenvalue weighted by Crippen LogP contribution is -2.14. The van der Waals surface area contributed by atoms with Gasteiger partial charge in [-0.15, -0.1) is 11.8 Å². The Balaban J connectivity index is 1.91. The highest BCUT2D eigenvalue weighted by molar-refractivity contribution is 9.10. The van der Waals surface area contributed by atoms with E-state index >= 15 is 0 Å². The van der Waals surface area contributed by atoms with E-state index in [9.17, 15) is 9.59 Å². The van der Waals surface area contributed by atoms with Crippen LogP contribution in [0.1, 0.15) is 10.4 Å². The average Bonchev–Trinajstić information content (AvgIpc) is 2.54. The number of thioether (sulfide) groups is 1. The molecule has 0 aromatic heterocycles. The Kier molecular flexibility index (Phi) is 6.03. The number of rotatable bonds is 5. The lowest BCUT2D eigenvalue weighted by Gasteiger charge is -2.07. The van der Waals surface area contributed by atoms with Gasteiger partial charge in [-0.25, -0.2) is 4.79 Å². The van der Waals surface area contributed by atoms with Gasteiger partial charge < -0.3 is 10.1 Å². The first kappa shape index (κ1) is 16.6. The number of hydrogen-bond donors (Lipinski definition) is 1. The van der Waals surface area contributed by atoms with Crippen LogP contribution in [0.2, 0.25) is 0 Å². The number of esters is 1. The molecule has 0 saturated carbocycles. The Bertz CT molecular complexity index is 673. The van der Waals surface area contributed by atoms with Crippen molar-refractivity contribution >= 4 is 45.3 Å². The third-order valence-electron chi connectivity index (χ3n) is 2.75. The molecule has 6 heteroatoms. The molecule has 0 fully saturated rings. The molecule has 22 heavy (non-hydrogen) atoms. The molecular formula is C16H14BrNO3S. The van der Waals surface area contributed by atoms with Gasteiger partial charge in [-0.2, -0.15) is 0 Å². The molecule has 1 amide bonds. The number of carbonyl (C=O) groups is 2. The Morgan fingerprint density at radius 3 is 2.59 bits per heavy atom.